The largest absolute Gasteiger partial charge is 0.467 e. The van der Waals surface area contributed by atoms with Gasteiger partial charge in [0.05, 0.1) is 30.4 Å². The number of thiophene rings is 1. The van der Waals surface area contributed by atoms with Crippen LogP contribution in [0.25, 0.3) is 10.2 Å². The van der Waals surface area contributed by atoms with Crippen LogP contribution in [-0.2, 0) is 24.3 Å². The van der Waals surface area contributed by atoms with Gasteiger partial charge in [0.1, 0.15) is 16.4 Å². The fourth-order valence-corrected chi connectivity index (χ4v) is 5.11. The average Bonchev–Trinajstić information content (AvgIpc) is 3.31. The van der Waals surface area contributed by atoms with Crippen molar-refractivity contribution in [1.82, 2.24) is 9.97 Å². The number of rotatable bonds is 7. The summed E-state index contributed by atoms with van der Waals surface area (Å²) in [5.41, 5.74) is 1.23. The van der Waals surface area contributed by atoms with Crippen LogP contribution in [0.2, 0.25) is 0 Å². The van der Waals surface area contributed by atoms with Crippen molar-refractivity contribution in [2.75, 3.05) is 11.1 Å². The minimum absolute atomic E-state index is 0.116. The predicted molar refractivity (Wildman–Crippen MR) is 112 cm³/mol. The molecule has 0 radical (unpaired) electrons. The first-order valence-corrected chi connectivity index (χ1v) is 11.3. The SMILES string of the molecule is CCCSc1nc(NCc2ccco2)c2c3c(sc2n1)CO[C@@](C)(CC)C3. The summed E-state index contributed by atoms with van der Waals surface area (Å²) in [5.74, 6) is 2.83. The molecular formula is C20H25N3O2S2. The van der Waals surface area contributed by atoms with Gasteiger partial charge in [0.15, 0.2) is 5.16 Å². The van der Waals surface area contributed by atoms with Crippen LogP contribution in [0.3, 0.4) is 0 Å². The molecule has 5 nitrogen and oxygen atoms in total. The third-order valence-electron chi connectivity index (χ3n) is 5.01. The van der Waals surface area contributed by atoms with E-state index in [0.29, 0.717) is 13.2 Å². The summed E-state index contributed by atoms with van der Waals surface area (Å²) in [4.78, 5) is 12.0. The molecule has 3 aromatic heterocycles. The molecule has 0 spiro atoms. The highest BCUT2D eigenvalue weighted by Gasteiger charge is 2.33. The first kappa shape index (κ1) is 18.8. The zero-order chi connectivity index (χ0) is 18.9. The van der Waals surface area contributed by atoms with Crippen LogP contribution in [0, 0.1) is 0 Å². The lowest BCUT2D eigenvalue weighted by molar-refractivity contribution is -0.0542. The number of nitrogens with one attached hydrogen (secondary N) is 1. The summed E-state index contributed by atoms with van der Waals surface area (Å²) in [7, 11) is 0. The second-order valence-corrected chi connectivity index (χ2v) is 9.23. The summed E-state index contributed by atoms with van der Waals surface area (Å²) >= 11 is 3.46. The molecule has 0 aromatic carbocycles. The average molecular weight is 404 g/mol. The van der Waals surface area contributed by atoms with E-state index in [1.807, 2.05) is 12.1 Å². The number of ether oxygens (including phenoxy) is 1. The molecule has 0 bridgehead atoms. The Morgan fingerprint density at radius 2 is 2.22 bits per heavy atom. The van der Waals surface area contributed by atoms with Gasteiger partial charge in [-0.2, -0.15) is 0 Å². The van der Waals surface area contributed by atoms with Crippen molar-refractivity contribution in [3.8, 4) is 0 Å². The molecular weight excluding hydrogens is 378 g/mol. The molecule has 0 amide bonds. The molecule has 144 valence electrons. The Kier molecular flexibility index (Phi) is 5.43. The van der Waals surface area contributed by atoms with Crippen molar-refractivity contribution in [3.05, 3.63) is 34.6 Å². The highest BCUT2D eigenvalue weighted by atomic mass is 32.2. The van der Waals surface area contributed by atoms with E-state index in [-0.39, 0.29) is 5.60 Å². The molecule has 0 unspecified atom stereocenters. The van der Waals surface area contributed by atoms with Gasteiger partial charge in [-0.1, -0.05) is 25.6 Å². The normalized spacial score (nSPS) is 19.4. The van der Waals surface area contributed by atoms with Gasteiger partial charge < -0.3 is 14.5 Å². The summed E-state index contributed by atoms with van der Waals surface area (Å²) < 4.78 is 11.6. The zero-order valence-electron chi connectivity index (χ0n) is 16.0. The maximum Gasteiger partial charge on any atom is 0.190 e. The molecule has 1 atom stereocenters. The number of hydrogen-bond acceptors (Lipinski definition) is 7. The Morgan fingerprint density at radius 1 is 1.33 bits per heavy atom. The number of anilines is 1. The molecule has 0 aliphatic carbocycles. The van der Waals surface area contributed by atoms with E-state index < -0.39 is 0 Å². The maximum atomic E-state index is 6.15. The quantitative estimate of drug-likeness (QED) is 0.407. The Hall–Kier alpha value is -1.57. The Bertz CT molecular complexity index is 923. The van der Waals surface area contributed by atoms with Gasteiger partial charge >= 0.3 is 0 Å². The van der Waals surface area contributed by atoms with Crippen LogP contribution in [0.15, 0.2) is 28.0 Å². The van der Waals surface area contributed by atoms with E-state index in [1.54, 1.807) is 29.4 Å². The number of furan rings is 1. The van der Waals surface area contributed by atoms with Crippen LogP contribution in [-0.4, -0.2) is 21.3 Å². The van der Waals surface area contributed by atoms with Gasteiger partial charge in [-0.15, -0.1) is 11.3 Å². The first-order chi connectivity index (χ1) is 13.1. The molecule has 1 aliphatic heterocycles. The molecule has 1 N–H and O–H groups in total. The van der Waals surface area contributed by atoms with Gasteiger partial charge in [0.25, 0.3) is 0 Å². The third kappa shape index (κ3) is 3.86. The number of thioether (sulfide) groups is 1. The Balaban J connectivity index is 1.75. The molecule has 4 heterocycles. The summed E-state index contributed by atoms with van der Waals surface area (Å²) in [6, 6.07) is 3.88. The van der Waals surface area contributed by atoms with Gasteiger partial charge in [-0.3, -0.25) is 0 Å². The van der Waals surface area contributed by atoms with Crippen LogP contribution >= 0.6 is 23.1 Å². The summed E-state index contributed by atoms with van der Waals surface area (Å²) in [5, 5.41) is 5.49. The molecule has 3 aromatic rings. The van der Waals surface area contributed by atoms with Gasteiger partial charge in [0.2, 0.25) is 0 Å². The van der Waals surface area contributed by atoms with E-state index in [2.05, 4.69) is 26.1 Å². The summed E-state index contributed by atoms with van der Waals surface area (Å²) in [6.45, 7) is 7.83. The molecule has 4 rings (SSSR count). The van der Waals surface area contributed by atoms with E-state index in [9.17, 15) is 0 Å². The molecule has 1 aliphatic rings. The van der Waals surface area contributed by atoms with Crippen LogP contribution in [0.1, 0.15) is 49.8 Å². The molecule has 0 saturated carbocycles. The monoisotopic (exact) mass is 403 g/mol. The van der Waals surface area contributed by atoms with E-state index in [4.69, 9.17) is 19.1 Å². The lowest BCUT2D eigenvalue weighted by Crippen LogP contribution is -2.33. The standard InChI is InChI=1S/C20H25N3O2S2/c1-4-9-26-19-22-17(21-11-13-7-6-8-24-13)16-14-10-20(3,5-2)25-12-15(14)27-18(16)23-19/h6-8H,4-5,9-12H2,1-3H3,(H,21,22,23)/t20-/m0/s1. The zero-order valence-corrected chi connectivity index (χ0v) is 17.6. The molecule has 0 fully saturated rings. The number of nitrogens with zero attached hydrogens (tertiary/aromatic N) is 2. The van der Waals surface area contributed by atoms with Crippen molar-refractivity contribution in [1.29, 1.82) is 0 Å². The number of hydrogen-bond donors (Lipinski definition) is 1. The third-order valence-corrected chi connectivity index (χ3v) is 7.16. The van der Waals surface area contributed by atoms with E-state index >= 15 is 0 Å². The Morgan fingerprint density at radius 3 is 2.96 bits per heavy atom. The highest BCUT2D eigenvalue weighted by Crippen LogP contribution is 2.42. The number of aromatic nitrogens is 2. The van der Waals surface area contributed by atoms with Crippen molar-refractivity contribution < 1.29 is 9.15 Å². The molecule has 0 saturated heterocycles. The highest BCUT2D eigenvalue weighted by molar-refractivity contribution is 7.99. The predicted octanol–water partition coefficient (Wildman–Crippen LogP) is 5.64. The van der Waals surface area contributed by atoms with Crippen molar-refractivity contribution in [3.63, 3.8) is 0 Å². The maximum absolute atomic E-state index is 6.15. The van der Waals surface area contributed by atoms with Crippen molar-refractivity contribution in [2.45, 2.75) is 63.9 Å². The van der Waals surface area contributed by atoms with Crippen LogP contribution in [0.4, 0.5) is 5.82 Å². The van der Waals surface area contributed by atoms with Crippen LogP contribution in [0.5, 0.6) is 0 Å². The number of fused-ring (bicyclic) bond motifs is 3. The summed E-state index contributed by atoms with van der Waals surface area (Å²) in [6.07, 6.45) is 4.69. The minimum atomic E-state index is -0.116. The minimum Gasteiger partial charge on any atom is -0.467 e. The second-order valence-electron chi connectivity index (χ2n) is 7.09. The fourth-order valence-electron chi connectivity index (χ4n) is 3.25. The van der Waals surface area contributed by atoms with Crippen molar-refractivity contribution >= 4 is 39.1 Å². The lowest BCUT2D eigenvalue weighted by atomic mass is 9.90. The van der Waals surface area contributed by atoms with Crippen molar-refractivity contribution in [2.24, 2.45) is 0 Å². The topological polar surface area (TPSA) is 60.2 Å². The molecule has 27 heavy (non-hydrogen) atoms. The van der Waals surface area contributed by atoms with E-state index in [1.165, 1.54) is 10.4 Å². The van der Waals surface area contributed by atoms with Gasteiger partial charge in [-0.25, -0.2) is 9.97 Å². The fraction of sp³-hybridized carbons (Fsp3) is 0.500. The second kappa shape index (κ2) is 7.81. The van der Waals surface area contributed by atoms with Gasteiger partial charge in [0, 0.05) is 17.1 Å². The smallest absolute Gasteiger partial charge is 0.190 e. The first-order valence-electron chi connectivity index (χ1n) is 9.47. The lowest BCUT2D eigenvalue weighted by Gasteiger charge is -2.33. The van der Waals surface area contributed by atoms with Crippen LogP contribution < -0.4 is 5.32 Å². The van der Waals surface area contributed by atoms with E-state index in [0.717, 1.165) is 52.0 Å². The molecule has 7 heteroatoms. The Labute approximate surface area is 167 Å². The van der Waals surface area contributed by atoms with Gasteiger partial charge in [-0.05, 0) is 37.5 Å².